The molecule has 4 heteroatoms. The number of rotatable bonds is 5. The summed E-state index contributed by atoms with van der Waals surface area (Å²) in [4.78, 5) is 4.42. The summed E-state index contributed by atoms with van der Waals surface area (Å²) in [7, 11) is 0. The fraction of sp³-hybridized carbons (Fsp3) is 0.357. The maximum Gasteiger partial charge on any atom is 0.169 e. The predicted molar refractivity (Wildman–Crippen MR) is 75.5 cm³/mol. The summed E-state index contributed by atoms with van der Waals surface area (Å²) in [5, 5.41) is 3.46. The van der Waals surface area contributed by atoms with Crippen molar-refractivity contribution >= 4 is 15.9 Å². The lowest BCUT2D eigenvalue weighted by Gasteiger charge is -2.22. The van der Waals surface area contributed by atoms with Crippen LogP contribution in [0.15, 0.2) is 45.6 Å². The third-order valence-electron chi connectivity index (χ3n) is 2.98. The Morgan fingerprint density at radius 1 is 1.33 bits per heavy atom. The van der Waals surface area contributed by atoms with Crippen LogP contribution < -0.4 is 5.32 Å². The second-order valence-electron chi connectivity index (χ2n) is 4.22. The van der Waals surface area contributed by atoms with Crippen molar-refractivity contribution in [1.82, 2.24) is 10.3 Å². The van der Waals surface area contributed by atoms with E-state index in [-0.39, 0.29) is 12.0 Å². The number of furan rings is 1. The van der Waals surface area contributed by atoms with E-state index in [1.165, 1.54) is 0 Å². The Morgan fingerprint density at radius 3 is 2.72 bits per heavy atom. The van der Waals surface area contributed by atoms with E-state index in [2.05, 4.69) is 40.1 Å². The zero-order chi connectivity index (χ0) is 13.0. The van der Waals surface area contributed by atoms with Crippen molar-refractivity contribution in [2.75, 3.05) is 6.54 Å². The SMILES string of the molecule is CCNC(c1ccc(Br)o1)C(C)c1ccccn1. The molecule has 0 fully saturated rings. The first-order valence-electron chi connectivity index (χ1n) is 6.12. The van der Waals surface area contributed by atoms with Gasteiger partial charge in [-0.3, -0.25) is 4.98 Å². The standard InChI is InChI=1S/C14H17BrN2O/c1-3-16-14(12-7-8-13(15)18-12)10(2)11-6-4-5-9-17-11/h4-10,14,16H,3H2,1-2H3. The minimum absolute atomic E-state index is 0.135. The summed E-state index contributed by atoms with van der Waals surface area (Å²) in [6.07, 6.45) is 1.83. The zero-order valence-electron chi connectivity index (χ0n) is 10.6. The van der Waals surface area contributed by atoms with E-state index >= 15 is 0 Å². The number of pyridine rings is 1. The van der Waals surface area contributed by atoms with Crippen molar-refractivity contribution in [2.24, 2.45) is 0 Å². The van der Waals surface area contributed by atoms with Crippen LogP contribution in [0, 0.1) is 0 Å². The molecular formula is C14H17BrN2O. The number of hydrogen-bond donors (Lipinski definition) is 1. The van der Waals surface area contributed by atoms with Gasteiger partial charge in [0.1, 0.15) is 5.76 Å². The monoisotopic (exact) mass is 308 g/mol. The molecule has 2 aromatic heterocycles. The molecule has 2 heterocycles. The lowest BCUT2D eigenvalue weighted by Crippen LogP contribution is -2.25. The van der Waals surface area contributed by atoms with E-state index in [1.54, 1.807) is 0 Å². The molecule has 0 spiro atoms. The summed E-state index contributed by atoms with van der Waals surface area (Å²) >= 11 is 3.35. The molecule has 0 aliphatic rings. The van der Waals surface area contributed by atoms with E-state index in [9.17, 15) is 0 Å². The normalized spacial score (nSPS) is 14.4. The summed E-state index contributed by atoms with van der Waals surface area (Å²) in [5.41, 5.74) is 1.07. The highest BCUT2D eigenvalue weighted by Crippen LogP contribution is 2.31. The fourth-order valence-corrected chi connectivity index (χ4v) is 2.37. The van der Waals surface area contributed by atoms with Crippen molar-refractivity contribution in [3.63, 3.8) is 0 Å². The minimum atomic E-state index is 0.135. The highest BCUT2D eigenvalue weighted by Gasteiger charge is 2.23. The summed E-state index contributed by atoms with van der Waals surface area (Å²) < 4.78 is 6.43. The number of hydrogen-bond acceptors (Lipinski definition) is 3. The molecule has 96 valence electrons. The van der Waals surface area contributed by atoms with Gasteiger partial charge in [-0.05, 0) is 46.7 Å². The van der Waals surface area contributed by atoms with Crippen LogP contribution in [-0.4, -0.2) is 11.5 Å². The Hall–Kier alpha value is -1.13. The number of nitrogens with zero attached hydrogens (tertiary/aromatic N) is 1. The van der Waals surface area contributed by atoms with Crippen molar-refractivity contribution in [1.29, 1.82) is 0 Å². The zero-order valence-corrected chi connectivity index (χ0v) is 12.1. The van der Waals surface area contributed by atoms with Crippen LogP contribution in [0.25, 0.3) is 0 Å². The van der Waals surface area contributed by atoms with Crippen molar-refractivity contribution < 1.29 is 4.42 Å². The summed E-state index contributed by atoms with van der Waals surface area (Å²) in [6.45, 7) is 5.14. The molecule has 2 atom stereocenters. The Bertz CT molecular complexity index is 484. The topological polar surface area (TPSA) is 38.1 Å². The van der Waals surface area contributed by atoms with Gasteiger partial charge >= 0.3 is 0 Å². The van der Waals surface area contributed by atoms with Gasteiger partial charge in [0.05, 0.1) is 6.04 Å². The van der Waals surface area contributed by atoms with Crippen LogP contribution in [0.1, 0.15) is 37.3 Å². The van der Waals surface area contributed by atoms with E-state index in [0.717, 1.165) is 22.7 Å². The highest BCUT2D eigenvalue weighted by atomic mass is 79.9. The van der Waals surface area contributed by atoms with Gasteiger partial charge in [-0.25, -0.2) is 0 Å². The Labute approximate surface area is 116 Å². The average Bonchev–Trinajstić information content (AvgIpc) is 2.82. The molecule has 2 aromatic rings. The summed E-state index contributed by atoms with van der Waals surface area (Å²) in [5.74, 6) is 1.19. The molecule has 1 N–H and O–H groups in total. The van der Waals surface area contributed by atoms with Crippen molar-refractivity contribution in [3.05, 3.63) is 52.7 Å². The predicted octanol–water partition coefficient (Wildman–Crippen LogP) is 3.89. The van der Waals surface area contributed by atoms with Crippen LogP contribution in [0.2, 0.25) is 0 Å². The van der Waals surface area contributed by atoms with E-state index < -0.39 is 0 Å². The van der Waals surface area contributed by atoms with Crippen LogP contribution >= 0.6 is 15.9 Å². The number of aromatic nitrogens is 1. The molecule has 2 unspecified atom stereocenters. The van der Waals surface area contributed by atoms with E-state index in [4.69, 9.17) is 4.42 Å². The molecule has 0 aromatic carbocycles. The average molecular weight is 309 g/mol. The Morgan fingerprint density at radius 2 is 2.17 bits per heavy atom. The Balaban J connectivity index is 2.25. The van der Waals surface area contributed by atoms with Crippen molar-refractivity contribution in [3.8, 4) is 0 Å². The molecule has 0 amide bonds. The van der Waals surface area contributed by atoms with Crippen LogP contribution in [0.3, 0.4) is 0 Å². The quantitative estimate of drug-likeness (QED) is 0.910. The van der Waals surface area contributed by atoms with Gasteiger partial charge in [-0.1, -0.05) is 19.9 Å². The van der Waals surface area contributed by atoms with Gasteiger partial charge in [0.15, 0.2) is 4.67 Å². The van der Waals surface area contributed by atoms with Gasteiger partial charge in [-0.2, -0.15) is 0 Å². The van der Waals surface area contributed by atoms with Gasteiger partial charge in [-0.15, -0.1) is 0 Å². The van der Waals surface area contributed by atoms with Gasteiger partial charge in [0, 0.05) is 17.8 Å². The minimum Gasteiger partial charge on any atom is -0.453 e. The van der Waals surface area contributed by atoms with Crippen molar-refractivity contribution in [2.45, 2.75) is 25.8 Å². The van der Waals surface area contributed by atoms with Crippen LogP contribution in [-0.2, 0) is 0 Å². The number of likely N-dealkylation sites (N-methyl/N-ethyl adjacent to an activating group) is 1. The number of halogens is 1. The maximum absolute atomic E-state index is 5.67. The lowest BCUT2D eigenvalue weighted by molar-refractivity contribution is 0.370. The Kier molecular flexibility index (Phi) is 4.55. The lowest BCUT2D eigenvalue weighted by atomic mass is 9.95. The van der Waals surface area contributed by atoms with E-state index in [1.807, 2.05) is 36.5 Å². The first-order valence-corrected chi connectivity index (χ1v) is 6.91. The summed E-state index contributed by atoms with van der Waals surface area (Å²) in [6, 6.07) is 10.0. The smallest absolute Gasteiger partial charge is 0.169 e. The maximum atomic E-state index is 5.67. The van der Waals surface area contributed by atoms with E-state index in [0.29, 0.717) is 0 Å². The van der Waals surface area contributed by atoms with Gasteiger partial charge in [0.2, 0.25) is 0 Å². The molecule has 0 aliphatic carbocycles. The first-order chi connectivity index (χ1) is 8.72. The molecule has 0 saturated carbocycles. The van der Waals surface area contributed by atoms with Gasteiger partial charge in [0.25, 0.3) is 0 Å². The highest BCUT2D eigenvalue weighted by molar-refractivity contribution is 9.10. The molecule has 0 saturated heterocycles. The molecule has 2 rings (SSSR count). The molecule has 18 heavy (non-hydrogen) atoms. The molecule has 3 nitrogen and oxygen atoms in total. The number of nitrogens with one attached hydrogen (secondary N) is 1. The van der Waals surface area contributed by atoms with Gasteiger partial charge < -0.3 is 9.73 Å². The fourth-order valence-electron chi connectivity index (χ4n) is 2.06. The second kappa shape index (κ2) is 6.16. The largest absolute Gasteiger partial charge is 0.453 e. The molecule has 0 aliphatic heterocycles. The third-order valence-corrected chi connectivity index (χ3v) is 3.41. The van der Waals surface area contributed by atoms with Crippen LogP contribution in [0.5, 0.6) is 0 Å². The van der Waals surface area contributed by atoms with Crippen LogP contribution in [0.4, 0.5) is 0 Å². The molecule has 0 radical (unpaired) electrons. The third kappa shape index (κ3) is 3.00. The first kappa shape index (κ1) is 13.3. The second-order valence-corrected chi connectivity index (χ2v) is 5.00. The molecular weight excluding hydrogens is 292 g/mol. The molecule has 0 bridgehead atoms.